The summed E-state index contributed by atoms with van der Waals surface area (Å²) in [5.41, 5.74) is 3.23. The van der Waals surface area contributed by atoms with Gasteiger partial charge < -0.3 is 14.7 Å². The number of aromatic nitrogens is 2. The lowest BCUT2D eigenvalue weighted by atomic mass is 9.95. The summed E-state index contributed by atoms with van der Waals surface area (Å²) >= 11 is 11.8. The third-order valence-corrected chi connectivity index (χ3v) is 5.42. The van der Waals surface area contributed by atoms with Crippen LogP contribution in [0.25, 0.3) is 17.0 Å². The molecule has 0 spiro atoms. The van der Waals surface area contributed by atoms with Crippen LogP contribution in [0.3, 0.4) is 0 Å². The van der Waals surface area contributed by atoms with Crippen LogP contribution in [0.4, 0.5) is 4.39 Å². The number of halogens is 2. The largest absolute Gasteiger partial charge is 0.351 e. The first-order valence-corrected chi connectivity index (χ1v) is 10.0. The van der Waals surface area contributed by atoms with Gasteiger partial charge in [0.15, 0.2) is 5.11 Å². The van der Waals surface area contributed by atoms with E-state index in [1.165, 1.54) is 12.1 Å². The van der Waals surface area contributed by atoms with Gasteiger partial charge in [-0.25, -0.2) is 4.39 Å². The molecule has 0 amide bonds. The Morgan fingerprint density at radius 3 is 2.77 bits per heavy atom. The van der Waals surface area contributed by atoms with Crippen LogP contribution in [-0.4, -0.2) is 26.7 Å². The van der Waals surface area contributed by atoms with E-state index >= 15 is 0 Å². The van der Waals surface area contributed by atoms with Crippen molar-refractivity contribution < 1.29 is 8.91 Å². The molecule has 0 bridgehead atoms. The van der Waals surface area contributed by atoms with Crippen molar-refractivity contribution in [2.75, 3.05) is 6.54 Å². The van der Waals surface area contributed by atoms with E-state index in [-0.39, 0.29) is 11.9 Å². The van der Waals surface area contributed by atoms with Gasteiger partial charge in [0.05, 0.1) is 11.6 Å². The molecular formula is C22H18ClFN4OS. The van der Waals surface area contributed by atoms with Crippen molar-refractivity contribution in [3.8, 4) is 11.4 Å². The SMILES string of the molecule is C=CCN1C(=S)NC(c2cccc(Cl)c2)C(c2nc(-c3ccc(F)cc3)no2)=C1C. The van der Waals surface area contributed by atoms with E-state index in [9.17, 15) is 4.39 Å². The molecule has 5 nitrogen and oxygen atoms in total. The minimum absolute atomic E-state index is 0.321. The van der Waals surface area contributed by atoms with Gasteiger partial charge in [-0.05, 0) is 61.1 Å². The second kappa shape index (κ2) is 8.38. The molecular weight excluding hydrogens is 423 g/mol. The van der Waals surface area contributed by atoms with Crippen LogP contribution in [0.2, 0.25) is 5.02 Å². The molecule has 0 radical (unpaired) electrons. The molecule has 1 unspecified atom stereocenters. The number of nitrogens with one attached hydrogen (secondary N) is 1. The molecule has 0 aliphatic carbocycles. The maximum Gasteiger partial charge on any atom is 0.258 e. The zero-order valence-corrected chi connectivity index (χ0v) is 17.7. The Balaban J connectivity index is 1.82. The highest BCUT2D eigenvalue weighted by Crippen LogP contribution is 2.37. The fraction of sp³-hybridized carbons (Fsp3) is 0.136. The van der Waals surface area contributed by atoms with E-state index in [4.69, 9.17) is 28.3 Å². The van der Waals surface area contributed by atoms with E-state index in [1.54, 1.807) is 18.2 Å². The fourth-order valence-electron chi connectivity index (χ4n) is 3.39. The Morgan fingerprint density at radius 2 is 2.07 bits per heavy atom. The predicted molar refractivity (Wildman–Crippen MR) is 119 cm³/mol. The van der Waals surface area contributed by atoms with Gasteiger partial charge in [-0.1, -0.05) is 35.0 Å². The van der Waals surface area contributed by atoms with Crippen LogP contribution in [0, 0.1) is 5.82 Å². The molecule has 8 heteroatoms. The van der Waals surface area contributed by atoms with Crippen molar-refractivity contribution in [1.29, 1.82) is 0 Å². The lowest BCUT2D eigenvalue weighted by Crippen LogP contribution is -2.45. The van der Waals surface area contributed by atoms with Gasteiger partial charge >= 0.3 is 0 Å². The molecule has 2 aromatic carbocycles. The molecule has 3 aromatic rings. The molecule has 1 aromatic heterocycles. The lowest BCUT2D eigenvalue weighted by Gasteiger charge is -2.36. The predicted octanol–water partition coefficient (Wildman–Crippen LogP) is 5.38. The average Bonchev–Trinajstić information content (AvgIpc) is 3.21. The summed E-state index contributed by atoms with van der Waals surface area (Å²) < 4.78 is 18.9. The third kappa shape index (κ3) is 3.86. The average molecular weight is 441 g/mol. The minimum atomic E-state index is -0.327. The molecule has 0 saturated carbocycles. The summed E-state index contributed by atoms with van der Waals surface area (Å²) in [6.45, 7) is 6.29. The van der Waals surface area contributed by atoms with E-state index in [1.807, 2.05) is 36.1 Å². The summed E-state index contributed by atoms with van der Waals surface area (Å²) in [5, 5.41) is 8.62. The highest BCUT2D eigenvalue weighted by atomic mass is 35.5. The van der Waals surface area contributed by atoms with Crippen LogP contribution in [-0.2, 0) is 0 Å². The van der Waals surface area contributed by atoms with Gasteiger partial charge in [0.25, 0.3) is 5.89 Å². The van der Waals surface area contributed by atoms with Crippen LogP contribution in [0.15, 0.2) is 71.4 Å². The lowest BCUT2D eigenvalue weighted by molar-refractivity contribution is 0.399. The maximum atomic E-state index is 13.3. The van der Waals surface area contributed by atoms with Crippen LogP contribution < -0.4 is 5.32 Å². The van der Waals surface area contributed by atoms with E-state index in [0.29, 0.717) is 34.0 Å². The highest BCUT2D eigenvalue weighted by molar-refractivity contribution is 7.80. The van der Waals surface area contributed by atoms with Gasteiger partial charge in [0, 0.05) is 22.8 Å². The first kappa shape index (κ1) is 20.3. The van der Waals surface area contributed by atoms with E-state index in [2.05, 4.69) is 22.0 Å². The van der Waals surface area contributed by atoms with Crippen molar-refractivity contribution >= 4 is 34.5 Å². The second-order valence-corrected chi connectivity index (χ2v) is 7.59. The van der Waals surface area contributed by atoms with Gasteiger partial charge in [0.2, 0.25) is 5.82 Å². The number of rotatable bonds is 5. The van der Waals surface area contributed by atoms with Gasteiger partial charge in [-0.2, -0.15) is 4.98 Å². The quantitative estimate of drug-likeness (QED) is 0.424. The molecule has 2 heterocycles. The monoisotopic (exact) mass is 440 g/mol. The first-order valence-electron chi connectivity index (χ1n) is 9.23. The van der Waals surface area contributed by atoms with E-state index in [0.717, 1.165) is 16.8 Å². The molecule has 0 saturated heterocycles. The standard InChI is InChI=1S/C22H18ClFN4OS/c1-3-11-28-13(2)18(19(25-22(28)30)15-5-4-6-16(23)12-15)21-26-20(27-29-21)14-7-9-17(24)10-8-14/h3-10,12,19H,1,11H2,2H3,(H,25,30). The molecule has 4 rings (SSSR count). The number of hydrogen-bond donors (Lipinski definition) is 1. The Kier molecular flexibility index (Phi) is 5.65. The summed E-state index contributed by atoms with van der Waals surface area (Å²) in [6.07, 6.45) is 1.77. The number of hydrogen-bond acceptors (Lipinski definition) is 4. The Morgan fingerprint density at radius 1 is 1.30 bits per heavy atom. The van der Waals surface area contributed by atoms with Crippen LogP contribution in [0.5, 0.6) is 0 Å². The second-order valence-electron chi connectivity index (χ2n) is 6.77. The van der Waals surface area contributed by atoms with Crippen molar-refractivity contribution in [2.45, 2.75) is 13.0 Å². The zero-order chi connectivity index (χ0) is 21.3. The maximum absolute atomic E-state index is 13.3. The molecule has 152 valence electrons. The van der Waals surface area contributed by atoms with Crippen molar-refractivity contribution in [3.05, 3.63) is 89.2 Å². The van der Waals surface area contributed by atoms with Crippen molar-refractivity contribution in [3.63, 3.8) is 0 Å². The Labute approximate surface area is 183 Å². The fourth-order valence-corrected chi connectivity index (χ4v) is 3.92. The van der Waals surface area contributed by atoms with E-state index < -0.39 is 0 Å². The van der Waals surface area contributed by atoms with Crippen LogP contribution >= 0.6 is 23.8 Å². The highest BCUT2D eigenvalue weighted by Gasteiger charge is 2.33. The molecule has 1 atom stereocenters. The summed E-state index contributed by atoms with van der Waals surface area (Å²) in [6, 6.07) is 13.1. The summed E-state index contributed by atoms with van der Waals surface area (Å²) in [5.74, 6) is 0.395. The number of allylic oxidation sites excluding steroid dienone is 1. The number of benzene rings is 2. The van der Waals surface area contributed by atoms with Gasteiger partial charge in [-0.3, -0.25) is 0 Å². The Hall–Kier alpha value is -3.03. The molecule has 0 fully saturated rings. The summed E-state index contributed by atoms with van der Waals surface area (Å²) in [4.78, 5) is 6.49. The van der Waals surface area contributed by atoms with Crippen molar-refractivity contribution in [1.82, 2.24) is 20.4 Å². The first-order chi connectivity index (χ1) is 14.5. The Bertz CT molecular complexity index is 1140. The third-order valence-electron chi connectivity index (χ3n) is 4.85. The van der Waals surface area contributed by atoms with Gasteiger partial charge in [-0.15, -0.1) is 6.58 Å². The molecule has 30 heavy (non-hydrogen) atoms. The normalized spacial score (nSPS) is 16.6. The van der Waals surface area contributed by atoms with Gasteiger partial charge in [0.1, 0.15) is 5.82 Å². The topological polar surface area (TPSA) is 54.2 Å². The number of nitrogens with zero attached hydrogens (tertiary/aromatic N) is 3. The van der Waals surface area contributed by atoms with Crippen LogP contribution in [0.1, 0.15) is 24.4 Å². The minimum Gasteiger partial charge on any atom is -0.351 e. The van der Waals surface area contributed by atoms with Crippen molar-refractivity contribution in [2.24, 2.45) is 0 Å². The summed E-state index contributed by atoms with van der Waals surface area (Å²) in [7, 11) is 0. The number of thiocarbonyl (C=S) groups is 1. The zero-order valence-electron chi connectivity index (χ0n) is 16.1. The smallest absolute Gasteiger partial charge is 0.258 e. The molecule has 1 N–H and O–H groups in total. The molecule has 1 aliphatic rings. The molecule has 1 aliphatic heterocycles.